The molecule has 4 rings (SSSR count). The molecule has 206 valence electrons. The summed E-state index contributed by atoms with van der Waals surface area (Å²) in [7, 11) is 0. The van der Waals surface area contributed by atoms with Crippen LogP contribution in [0.2, 0.25) is 0 Å². The summed E-state index contributed by atoms with van der Waals surface area (Å²) < 4.78 is 71.9. The van der Waals surface area contributed by atoms with Crippen LogP contribution in [0.4, 0.5) is 22.0 Å². The third-order valence-electron chi connectivity index (χ3n) is 8.04. The number of unbranched alkanes of at least 4 members (excludes halogenated alkanes) is 4. The zero-order valence-electron chi connectivity index (χ0n) is 22.1. The molecule has 0 heterocycles. The largest absolute Gasteiger partial charge is 0.429 e. The van der Waals surface area contributed by atoms with Crippen LogP contribution < -0.4 is 4.74 Å². The number of fused-ring (bicyclic) bond motifs is 1. The Bertz CT molecular complexity index is 1180. The Morgan fingerprint density at radius 2 is 1.53 bits per heavy atom. The van der Waals surface area contributed by atoms with E-state index in [1.807, 2.05) is 18.2 Å². The molecule has 1 aliphatic carbocycles. The van der Waals surface area contributed by atoms with Gasteiger partial charge in [0, 0.05) is 5.39 Å². The van der Waals surface area contributed by atoms with Crippen LogP contribution in [-0.2, 0) is 12.8 Å². The first-order chi connectivity index (χ1) is 18.4. The first-order valence-corrected chi connectivity index (χ1v) is 14.0. The predicted octanol–water partition coefficient (Wildman–Crippen LogP) is 10.3. The maximum atomic E-state index is 15.3. The van der Waals surface area contributed by atoms with Crippen molar-refractivity contribution in [1.29, 1.82) is 0 Å². The minimum atomic E-state index is -3.32. The molecule has 3 aromatic carbocycles. The Hall–Kier alpha value is -2.63. The van der Waals surface area contributed by atoms with Crippen LogP contribution >= 0.6 is 0 Å². The zero-order chi connectivity index (χ0) is 27.1. The fraction of sp³-hybridized carbons (Fsp3) is 0.500. The molecule has 1 nitrogen and oxygen atoms in total. The first-order valence-electron chi connectivity index (χ1n) is 14.0. The fourth-order valence-corrected chi connectivity index (χ4v) is 5.86. The van der Waals surface area contributed by atoms with Gasteiger partial charge in [0.25, 0.3) is 0 Å². The zero-order valence-corrected chi connectivity index (χ0v) is 22.1. The molecule has 1 fully saturated rings. The number of aryl methyl sites for hydroxylation is 2. The van der Waals surface area contributed by atoms with Crippen molar-refractivity contribution in [2.75, 3.05) is 0 Å². The topological polar surface area (TPSA) is 9.23 Å². The van der Waals surface area contributed by atoms with Crippen molar-refractivity contribution in [3.8, 4) is 5.75 Å². The summed E-state index contributed by atoms with van der Waals surface area (Å²) in [5.74, 6) is -2.49. The summed E-state index contributed by atoms with van der Waals surface area (Å²) in [6.45, 7) is -1.08. The molecule has 0 aliphatic heterocycles. The quantitative estimate of drug-likeness (QED) is 0.167. The maximum Gasteiger partial charge on any atom is 0.387 e. The molecule has 0 radical (unpaired) electrons. The second-order valence-electron chi connectivity index (χ2n) is 10.7. The van der Waals surface area contributed by atoms with Crippen molar-refractivity contribution in [2.45, 2.75) is 96.5 Å². The average molecular weight is 533 g/mol. The Labute approximate surface area is 222 Å². The van der Waals surface area contributed by atoms with E-state index in [1.165, 1.54) is 69.8 Å². The second kappa shape index (κ2) is 13.4. The monoisotopic (exact) mass is 532 g/mol. The molecule has 0 spiro atoms. The number of hydrogen-bond donors (Lipinski definition) is 0. The van der Waals surface area contributed by atoms with Crippen molar-refractivity contribution >= 4 is 10.8 Å². The Morgan fingerprint density at radius 3 is 2.21 bits per heavy atom. The molecule has 6 heteroatoms. The van der Waals surface area contributed by atoms with E-state index in [0.717, 1.165) is 23.4 Å². The number of hydrogen-bond acceptors (Lipinski definition) is 1. The van der Waals surface area contributed by atoms with Gasteiger partial charge in [0.1, 0.15) is 5.82 Å². The molecule has 0 aromatic heterocycles. The van der Waals surface area contributed by atoms with Crippen molar-refractivity contribution in [1.82, 2.24) is 0 Å². The summed E-state index contributed by atoms with van der Waals surface area (Å²) in [5, 5.41) is 1.39. The standard InChI is InChI=1S/C32H37F5O/c1-2-3-4-5-6-7-21-8-11-23(12-9-21)25-16-17-27-26(20-25)15-14-24(30(27)35)13-10-22-18-28(33)31(29(34)19-22)38-32(36)37/h14-21,23,32H,2-13H2,1H3. The van der Waals surface area contributed by atoms with Crippen LogP contribution in [0.1, 0.15) is 93.7 Å². The van der Waals surface area contributed by atoms with Crippen LogP contribution in [0, 0.1) is 23.4 Å². The minimum Gasteiger partial charge on any atom is -0.429 e. The Balaban J connectivity index is 1.36. The molecular formula is C32H37F5O. The van der Waals surface area contributed by atoms with E-state index in [-0.39, 0.29) is 24.2 Å². The lowest BCUT2D eigenvalue weighted by Gasteiger charge is -2.29. The number of halogens is 5. The molecule has 38 heavy (non-hydrogen) atoms. The van der Waals surface area contributed by atoms with Gasteiger partial charge >= 0.3 is 6.61 Å². The molecule has 0 amide bonds. The highest BCUT2D eigenvalue weighted by Gasteiger charge is 2.23. The van der Waals surface area contributed by atoms with Gasteiger partial charge in [-0.3, -0.25) is 0 Å². The summed E-state index contributed by atoms with van der Waals surface area (Å²) in [5.41, 5.74) is 1.95. The second-order valence-corrected chi connectivity index (χ2v) is 10.7. The van der Waals surface area contributed by atoms with E-state index in [0.29, 0.717) is 16.9 Å². The van der Waals surface area contributed by atoms with E-state index in [9.17, 15) is 17.6 Å². The summed E-state index contributed by atoms with van der Waals surface area (Å²) >= 11 is 0. The van der Waals surface area contributed by atoms with E-state index in [2.05, 4.69) is 17.7 Å². The van der Waals surface area contributed by atoms with Gasteiger partial charge in [-0.25, -0.2) is 13.2 Å². The van der Waals surface area contributed by atoms with Gasteiger partial charge in [-0.15, -0.1) is 0 Å². The van der Waals surface area contributed by atoms with Crippen molar-refractivity contribution in [3.05, 3.63) is 76.6 Å². The van der Waals surface area contributed by atoms with E-state index >= 15 is 4.39 Å². The number of alkyl halides is 2. The Morgan fingerprint density at radius 1 is 0.816 bits per heavy atom. The molecule has 1 saturated carbocycles. The normalized spacial score (nSPS) is 17.9. The number of rotatable bonds is 12. The molecular weight excluding hydrogens is 495 g/mol. The van der Waals surface area contributed by atoms with Gasteiger partial charge in [-0.05, 0) is 84.6 Å². The summed E-state index contributed by atoms with van der Waals surface area (Å²) in [6.07, 6.45) is 13.3. The van der Waals surface area contributed by atoms with Gasteiger partial charge in [0.05, 0.1) is 0 Å². The SMILES string of the molecule is CCCCCCCC1CCC(c2ccc3c(F)c(CCc4cc(F)c(OC(F)F)c(F)c4)ccc3c2)CC1. The molecule has 3 aromatic rings. The molecule has 0 N–H and O–H groups in total. The van der Waals surface area contributed by atoms with E-state index in [1.54, 1.807) is 6.07 Å². The third kappa shape index (κ3) is 7.27. The van der Waals surface area contributed by atoms with Crippen LogP contribution in [-0.4, -0.2) is 6.61 Å². The highest BCUT2D eigenvalue weighted by molar-refractivity contribution is 5.84. The summed E-state index contributed by atoms with van der Waals surface area (Å²) in [4.78, 5) is 0. The van der Waals surface area contributed by atoms with Gasteiger partial charge in [-0.2, -0.15) is 8.78 Å². The van der Waals surface area contributed by atoms with Gasteiger partial charge in [-0.1, -0.05) is 75.8 Å². The van der Waals surface area contributed by atoms with Crippen LogP contribution in [0.25, 0.3) is 10.8 Å². The van der Waals surface area contributed by atoms with E-state index in [4.69, 9.17) is 0 Å². The van der Waals surface area contributed by atoms with Crippen molar-refractivity contribution < 1.29 is 26.7 Å². The highest BCUT2D eigenvalue weighted by Crippen LogP contribution is 2.39. The first kappa shape index (κ1) is 28.4. The van der Waals surface area contributed by atoms with Crippen molar-refractivity contribution in [2.24, 2.45) is 5.92 Å². The molecule has 0 atom stereocenters. The lowest BCUT2D eigenvalue weighted by Crippen LogP contribution is -2.13. The van der Waals surface area contributed by atoms with Crippen molar-refractivity contribution in [3.63, 3.8) is 0 Å². The summed E-state index contributed by atoms with van der Waals surface area (Å²) in [6, 6.07) is 11.5. The van der Waals surface area contributed by atoms with Gasteiger partial charge in [0.15, 0.2) is 17.4 Å². The van der Waals surface area contributed by atoms with Crippen LogP contribution in [0.15, 0.2) is 42.5 Å². The molecule has 0 saturated heterocycles. The van der Waals surface area contributed by atoms with Gasteiger partial charge in [0.2, 0.25) is 0 Å². The fourth-order valence-electron chi connectivity index (χ4n) is 5.86. The van der Waals surface area contributed by atoms with Crippen LogP contribution in [0.5, 0.6) is 5.75 Å². The molecule has 0 bridgehead atoms. The predicted molar refractivity (Wildman–Crippen MR) is 142 cm³/mol. The smallest absolute Gasteiger partial charge is 0.387 e. The Kier molecular flexibility index (Phi) is 10.0. The minimum absolute atomic E-state index is 0.158. The number of benzene rings is 3. The number of ether oxygens (including phenoxy) is 1. The lowest BCUT2D eigenvalue weighted by molar-refractivity contribution is -0.0546. The van der Waals surface area contributed by atoms with Crippen LogP contribution in [0.3, 0.4) is 0 Å². The lowest BCUT2D eigenvalue weighted by atomic mass is 9.76. The molecule has 1 aliphatic rings. The maximum absolute atomic E-state index is 15.3. The third-order valence-corrected chi connectivity index (χ3v) is 8.04. The average Bonchev–Trinajstić information content (AvgIpc) is 2.90. The molecule has 0 unspecified atom stereocenters. The van der Waals surface area contributed by atoms with E-state index < -0.39 is 24.0 Å². The highest BCUT2D eigenvalue weighted by atomic mass is 19.3. The van der Waals surface area contributed by atoms with Gasteiger partial charge < -0.3 is 4.74 Å².